The predicted octanol–water partition coefficient (Wildman–Crippen LogP) is 1.95. The van der Waals surface area contributed by atoms with Gasteiger partial charge in [-0.25, -0.2) is 13.1 Å². The molecule has 2 rings (SSSR count). The number of halogens is 3. The third-order valence-electron chi connectivity index (χ3n) is 2.44. The molecule has 0 spiro atoms. The van der Waals surface area contributed by atoms with Gasteiger partial charge in [0.25, 0.3) is 0 Å². The van der Waals surface area contributed by atoms with Crippen molar-refractivity contribution in [1.82, 2.24) is 14.9 Å². The summed E-state index contributed by atoms with van der Waals surface area (Å²) in [6.07, 6.45) is -4.54. The molecule has 120 valence electrons. The van der Waals surface area contributed by atoms with Crippen molar-refractivity contribution in [2.45, 2.75) is 10.4 Å². The average Bonchev–Trinajstić information content (AvgIpc) is 2.98. The maximum absolute atomic E-state index is 12.3. The molecule has 6 nitrogen and oxygen atoms in total. The molecule has 0 atom stereocenters. The van der Waals surface area contributed by atoms with Gasteiger partial charge in [0, 0.05) is 13.1 Å². The predicted molar refractivity (Wildman–Crippen MR) is 75.0 cm³/mol. The van der Waals surface area contributed by atoms with Crippen LogP contribution in [0.15, 0.2) is 33.9 Å². The molecule has 0 aliphatic carbocycles. The Morgan fingerprint density at radius 2 is 1.91 bits per heavy atom. The highest BCUT2D eigenvalue weighted by Gasteiger charge is 2.32. The molecule has 22 heavy (non-hydrogen) atoms. The Balaban J connectivity index is 1.82. The zero-order valence-electron chi connectivity index (χ0n) is 11.0. The topological polar surface area (TPSA) is 84.0 Å². The highest BCUT2D eigenvalue weighted by Crippen LogP contribution is 2.26. The number of sulfonamides is 1. The van der Waals surface area contributed by atoms with Crippen LogP contribution in [0.4, 0.5) is 19.0 Å². The number of rotatable bonds is 6. The fourth-order valence-corrected chi connectivity index (χ4v) is 3.51. The molecule has 0 aliphatic rings. The summed E-state index contributed by atoms with van der Waals surface area (Å²) in [5, 5.41) is 10.7. The van der Waals surface area contributed by atoms with Crippen LogP contribution in [-0.2, 0) is 16.2 Å². The third kappa shape index (κ3) is 4.39. The van der Waals surface area contributed by atoms with Crippen LogP contribution < -0.4 is 10.0 Å². The van der Waals surface area contributed by atoms with Crippen LogP contribution in [0.25, 0.3) is 0 Å². The second kappa shape index (κ2) is 6.58. The Hall–Kier alpha value is -1.72. The number of alkyl halides is 3. The molecule has 0 aromatic carbocycles. The number of aromatic nitrogens is 2. The molecule has 0 radical (unpaired) electrons. The van der Waals surface area contributed by atoms with Gasteiger partial charge in [-0.3, -0.25) is 0 Å². The molecule has 0 saturated carbocycles. The van der Waals surface area contributed by atoms with Crippen LogP contribution in [0.5, 0.6) is 0 Å². The number of hydrogen-bond donors (Lipinski definition) is 2. The van der Waals surface area contributed by atoms with Crippen molar-refractivity contribution in [2.24, 2.45) is 0 Å². The lowest BCUT2D eigenvalue weighted by Gasteiger charge is -2.08. The van der Waals surface area contributed by atoms with Gasteiger partial charge in [-0.2, -0.15) is 13.2 Å². The molecule has 0 saturated heterocycles. The number of thiophene rings is 1. The second-order valence-electron chi connectivity index (χ2n) is 4.06. The van der Waals surface area contributed by atoms with E-state index in [1.54, 1.807) is 11.4 Å². The molecule has 0 aliphatic heterocycles. The van der Waals surface area contributed by atoms with E-state index in [-0.39, 0.29) is 23.1 Å². The Labute approximate surface area is 128 Å². The highest BCUT2D eigenvalue weighted by molar-refractivity contribution is 7.91. The molecule has 0 unspecified atom stereocenters. The summed E-state index contributed by atoms with van der Waals surface area (Å²) in [5.74, 6) is 0.128. The molecular formula is C11H11F3N4O2S2. The van der Waals surface area contributed by atoms with E-state index in [4.69, 9.17) is 0 Å². The minimum Gasteiger partial charge on any atom is -0.367 e. The summed E-state index contributed by atoms with van der Waals surface area (Å²) in [6.45, 7) is 0.216. The molecule has 2 N–H and O–H groups in total. The van der Waals surface area contributed by atoms with Gasteiger partial charge >= 0.3 is 6.18 Å². The van der Waals surface area contributed by atoms with Crippen LogP contribution in [0.1, 0.15) is 5.69 Å². The Morgan fingerprint density at radius 3 is 2.45 bits per heavy atom. The third-order valence-corrected chi connectivity index (χ3v) is 5.30. The highest BCUT2D eigenvalue weighted by atomic mass is 32.2. The van der Waals surface area contributed by atoms with E-state index in [9.17, 15) is 21.6 Å². The molecule has 2 heterocycles. The zero-order chi connectivity index (χ0) is 16.2. The lowest BCUT2D eigenvalue weighted by Crippen LogP contribution is -2.28. The van der Waals surface area contributed by atoms with E-state index in [1.165, 1.54) is 6.07 Å². The molecule has 2 aromatic heterocycles. The number of hydrogen-bond acceptors (Lipinski definition) is 6. The first-order valence-corrected chi connectivity index (χ1v) is 8.33. The van der Waals surface area contributed by atoms with E-state index in [1.807, 2.05) is 0 Å². The van der Waals surface area contributed by atoms with Gasteiger partial charge < -0.3 is 5.32 Å². The Morgan fingerprint density at radius 1 is 1.14 bits per heavy atom. The summed E-state index contributed by atoms with van der Waals surface area (Å²) in [5.41, 5.74) is -1.09. The summed E-state index contributed by atoms with van der Waals surface area (Å²) >= 11 is 1.09. The van der Waals surface area contributed by atoms with Gasteiger partial charge in [0.2, 0.25) is 10.0 Å². The zero-order valence-corrected chi connectivity index (χ0v) is 12.6. The standard InChI is InChI=1S/C11H11F3N4O2S2/c12-11(13,14)8-3-4-9(18-17-8)15-5-6-16-22(19,20)10-2-1-7-21-10/h1-4,7,16H,5-6H2,(H,15,18). The summed E-state index contributed by atoms with van der Waals surface area (Å²) in [6, 6.07) is 5.02. The Kier molecular flexibility index (Phi) is 4.98. The molecular weight excluding hydrogens is 341 g/mol. The van der Waals surface area contributed by atoms with Crippen LogP contribution in [0, 0.1) is 0 Å². The van der Waals surface area contributed by atoms with Gasteiger partial charge in [-0.15, -0.1) is 21.5 Å². The molecule has 11 heteroatoms. The summed E-state index contributed by atoms with van der Waals surface area (Å²) in [7, 11) is -3.55. The molecule has 0 amide bonds. The lowest BCUT2D eigenvalue weighted by molar-refractivity contribution is -0.141. The summed E-state index contributed by atoms with van der Waals surface area (Å²) in [4.78, 5) is 0. The minimum absolute atomic E-state index is 0.0585. The van der Waals surface area contributed by atoms with Crippen LogP contribution in [0.3, 0.4) is 0 Å². The fraction of sp³-hybridized carbons (Fsp3) is 0.273. The quantitative estimate of drug-likeness (QED) is 0.777. The van der Waals surface area contributed by atoms with Gasteiger partial charge in [-0.05, 0) is 23.6 Å². The largest absolute Gasteiger partial charge is 0.435 e. The second-order valence-corrected chi connectivity index (χ2v) is 7.00. The maximum atomic E-state index is 12.3. The smallest absolute Gasteiger partial charge is 0.367 e. The van der Waals surface area contributed by atoms with Crippen LogP contribution in [0.2, 0.25) is 0 Å². The van der Waals surface area contributed by atoms with Crippen molar-refractivity contribution in [3.8, 4) is 0 Å². The van der Waals surface area contributed by atoms with E-state index in [0.717, 1.165) is 23.5 Å². The first kappa shape index (κ1) is 16.6. The molecule has 2 aromatic rings. The van der Waals surface area contributed by atoms with Crippen molar-refractivity contribution in [1.29, 1.82) is 0 Å². The molecule has 0 bridgehead atoms. The maximum Gasteiger partial charge on any atom is 0.435 e. The first-order valence-electron chi connectivity index (χ1n) is 5.97. The molecule has 0 fully saturated rings. The SMILES string of the molecule is O=S(=O)(NCCNc1ccc(C(F)(F)F)nn1)c1cccs1. The van der Waals surface area contributed by atoms with E-state index < -0.39 is 21.9 Å². The Bertz CT molecular complexity index is 700. The number of nitrogens with zero attached hydrogens (tertiary/aromatic N) is 2. The van der Waals surface area contributed by atoms with Gasteiger partial charge in [0.05, 0.1) is 0 Å². The summed E-state index contributed by atoms with van der Waals surface area (Å²) < 4.78 is 63.0. The first-order chi connectivity index (χ1) is 10.3. The number of nitrogens with one attached hydrogen (secondary N) is 2. The van der Waals surface area contributed by atoms with Gasteiger partial charge in [0.1, 0.15) is 10.0 Å². The minimum atomic E-state index is -4.54. The lowest BCUT2D eigenvalue weighted by atomic mass is 10.4. The van der Waals surface area contributed by atoms with Crippen molar-refractivity contribution in [3.63, 3.8) is 0 Å². The van der Waals surface area contributed by atoms with Crippen molar-refractivity contribution >= 4 is 27.2 Å². The monoisotopic (exact) mass is 352 g/mol. The van der Waals surface area contributed by atoms with Crippen molar-refractivity contribution in [3.05, 3.63) is 35.3 Å². The fourth-order valence-electron chi connectivity index (χ4n) is 1.44. The van der Waals surface area contributed by atoms with Gasteiger partial charge in [-0.1, -0.05) is 6.07 Å². The van der Waals surface area contributed by atoms with Gasteiger partial charge in [0.15, 0.2) is 5.69 Å². The number of anilines is 1. The van der Waals surface area contributed by atoms with Crippen molar-refractivity contribution in [2.75, 3.05) is 18.4 Å². The van der Waals surface area contributed by atoms with Crippen LogP contribution in [-0.4, -0.2) is 31.7 Å². The van der Waals surface area contributed by atoms with E-state index in [0.29, 0.717) is 0 Å². The van der Waals surface area contributed by atoms with Crippen molar-refractivity contribution < 1.29 is 21.6 Å². The van der Waals surface area contributed by atoms with Crippen LogP contribution >= 0.6 is 11.3 Å². The van der Waals surface area contributed by atoms with E-state index >= 15 is 0 Å². The van der Waals surface area contributed by atoms with E-state index in [2.05, 4.69) is 20.2 Å². The average molecular weight is 352 g/mol. The normalized spacial score (nSPS) is 12.3.